The topological polar surface area (TPSA) is 9.23 Å². The van der Waals surface area contributed by atoms with E-state index in [0.29, 0.717) is 0 Å². The van der Waals surface area contributed by atoms with Crippen molar-refractivity contribution in [3.05, 3.63) is 50.2 Å². The van der Waals surface area contributed by atoms with Crippen LogP contribution in [0.3, 0.4) is 0 Å². The summed E-state index contributed by atoms with van der Waals surface area (Å²) in [6.45, 7) is 4.23. The van der Waals surface area contributed by atoms with Crippen molar-refractivity contribution in [3.8, 4) is 5.75 Å². The number of rotatable bonds is 3. The van der Waals surface area contributed by atoms with Crippen LogP contribution in [0.5, 0.6) is 5.75 Å². The normalized spacial score (nSPS) is 15.6. The minimum Gasteiger partial charge on any atom is -0.496 e. The molecule has 1 nitrogen and oxygen atoms in total. The first-order chi connectivity index (χ1) is 10.1. The lowest BCUT2D eigenvalue weighted by molar-refractivity contribution is 0.408. The van der Waals surface area contributed by atoms with Gasteiger partial charge >= 0.3 is 0 Å². The van der Waals surface area contributed by atoms with Gasteiger partial charge in [0.25, 0.3) is 0 Å². The number of alkyl halides is 1. The van der Waals surface area contributed by atoms with E-state index in [1.165, 1.54) is 45.1 Å². The second kappa shape index (κ2) is 6.35. The third kappa shape index (κ3) is 3.03. The van der Waals surface area contributed by atoms with Crippen LogP contribution in [-0.2, 0) is 12.2 Å². The molecule has 0 saturated heterocycles. The number of aryl methyl sites for hydroxylation is 3. The lowest BCUT2D eigenvalue weighted by Gasteiger charge is -2.14. The van der Waals surface area contributed by atoms with Gasteiger partial charge in [-0.05, 0) is 54.3 Å². The van der Waals surface area contributed by atoms with Crippen LogP contribution in [0.25, 0.3) is 0 Å². The molecule has 0 saturated carbocycles. The van der Waals surface area contributed by atoms with Crippen LogP contribution >= 0.6 is 39.0 Å². The number of fused-ring (bicyclic) bond motifs is 1. The molecule has 0 amide bonds. The molecule has 0 N–H and O–H groups in total. The third-order valence-corrected chi connectivity index (χ3v) is 7.51. The maximum atomic E-state index is 5.47. The van der Waals surface area contributed by atoms with Gasteiger partial charge in [-0.3, -0.25) is 0 Å². The van der Waals surface area contributed by atoms with Gasteiger partial charge in [0.2, 0.25) is 0 Å². The zero-order valence-electron chi connectivity index (χ0n) is 12.5. The van der Waals surface area contributed by atoms with Crippen molar-refractivity contribution in [2.45, 2.75) is 30.8 Å². The molecule has 3 rings (SSSR count). The average Bonchev–Trinajstić information content (AvgIpc) is 2.90. The van der Waals surface area contributed by atoms with Gasteiger partial charge in [0.05, 0.1) is 11.9 Å². The Morgan fingerprint density at radius 3 is 2.52 bits per heavy atom. The van der Waals surface area contributed by atoms with Crippen LogP contribution in [-0.4, -0.2) is 12.9 Å². The van der Waals surface area contributed by atoms with E-state index in [1.54, 1.807) is 12.0 Å². The highest BCUT2D eigenvalue weighted by atomic mass is 79.9. The quantitative estimate of drug-likeness (QED) is 0.634. The molecule has 0 fully saturated rings. The number of thioether (sulfide) groups is 1. The van der Waals surface area contributed by atoms with E-state index in [9.17, 15) is 0 Å². The Morgan fingerprint density at radius 2 is 1.90 bits per heavy atom. The molecule has 1 aliphatic rings. The number of thiophene rings is 1. The lowest BCUT2D eigenvalue weighted by atomic mass is 10.0. The first kappa shape index (κ1) is 15.4. The molecular formula is C17H19BrOS2. The maximum absolute atomic E-state index is 5.47. The summed E-state index contributed by atoms with van der Waals surface area (Å²) >= 11 is 7.91. The van der Waals surface area contributed by atoms with E-state index >= 15 is 0 Å². The standard InChI is InChI=1S/C17H19BrOS2/c1-10-6-12(7-11(2)17(10)19-3)16(18)15-8-13-9-20-5-4-14(13)21-15/h6-8,16H,4-5,9H2,1-3H3. The summed E-state index contributed by atoms with van der Waals surface area (Å²) in [4.78, 5) is 3.28. The number of benzene rings is 1. The van der Waals surface area contributed by atoms with E-state index in [2.05, 4.69) is 48.0 Å². The molecule has 1 unspecified atom stereocenters. The first-order valence-corrected chi connectivity index (χ1v) is 9.97. The van der Waals surface area contributed by atoms with Gasteiger partial charge in [0.1, 0.15) is 5.75 Å². The molecule has 1 atom stereocenters. The number of hydrogen-bond donors (Lipinski definition) is 0. The SMILES string of the molecule is COc1c(C)cc(C(Br)c2cc3c(s2)CCSC3)cc1C. The number of methoxy groups -OCH3 is 1. The van der Waals surface area contributed by atoms with Crippen LogP contribution in [0, 0.1) is 13.8 Å². The van der Waals surface area contributed by atoms with Crippen LogP contribution in [0.15, 0.2) is 18.2 Å². The monoisotopic (exact) mass is 382 g/mol. The van der Waals surface area contributed by atoms with Gasteiger partial charge < -0.3 is 4.74 Å². The highest BCUT2D eigenvalue weighted by molar-refractivity contribution is 9.09. The van der Waals surface area contributed by atoms with E-state index < -0.39 is 0 Å². The van der Waals surface area contributed by atoms with E-state index in [1.807, 2.05) is 23.1 Å². The van der Waals surface area contributed by atoms with Gasteiger partial charge in [0.15, 0.2) is 0 Å². The Labute approximate surface area is 143 Å². The molecule has 21 heavy (non-hydrogen) atoms. The summed E-state index contributed by atoms with van der Waals surface area (Å²) in [6, 6.07) is 6.86. The molecule has 0 radical (unpaired) electrons. The summed E-state index contributed by atoms with van der Waals surface area (Å²) in [5, 5.41) is 0. The summed E-state index contributed by atoms with van der Waals surface area (Å²) in [5.74, 6) is 3.44. The van der Waals surface area contributed by atoms with Crippen molar-refractivity contribution in [2.24, 2.45) is 0 Å². The molecule has 2 heterocycles. The molecule has 0 spiro atoms. The minimum absolute atomic E-state index is 0.279. The molecule has 1 aromatic heterocycles. The Bertz CT molecular complexity index is 616. The van der Waals surface area contributed by atoms with Gasteiger partial charge in [0, 0.05) is 15.5 Å². The fourth-order valence-corrected chi connectivity index (χ4v) is 5.97. The zero-order valence-corrected chi connectivity index (χ0v) is 15.8. The molecule has 2 aromatic rings. The summed E-state index contributed by atoms with van der Waals surface area (Å²) in [5.41, 5.74) is 5.26. The van der Waals surface area contributed by atoms with Crippen LogP contribution in [0.2, 0.25) is 0 Å². The molecule has 1 aliphatic heterocycles. The van der Waals surface area contributed by atoms with Gasteiger partial charge in [-0.1, -0.05) is 28.1 Å². The number of hydrogen-bond acceptors (Lipinski definition) is 3. The first-order valence-electron chi connectivity index (χ1n) is 7.08. The zero-order chi connectivity index (χ0) is 15.0. The largest absolute Gasteiger partial charge is 0.496 e. The highest BCUT2D eigenvalue weighted by Gasteiger charge is 2.20. The molecule has 1 aromatic carbocycles. The van der Waals surface area contributed by atoms with Crippen LogP contribution in [0.4, 0.5) is 0 Å². The average molecular weight is 383 g/mol. The molecule has 0 bridgehead atoms. The third-order valence-electron chi connectivity index (χ3n) is 3.88. The van der Waals surface area contributed by atoms with E-state index in [0.717, 1.165) is 5.75 Å². The Hall–Kier alpha value is -0.450. The van der Waals surface area contributed by atoms with Gasteiger partial charge in [-0.2, -0.15) is 11.8 Å². The maximum Gasteiger partial charge on any atom is 0.124 e. The second-order valence-electron chi connectivity index (χ2n) is 5.45. The van der Waals surface area contributed by atoms with E-state index in [4.69, 9.17) is 4.74 Å². The number of halogens is 1. The second-order valence-corrected chi connectivity index (χ2v) is 8.64. The minimum atomic E-state index is 0.279. The Morgan fingerprint density at radius 1 is 1.19 bits per heavy atom. The van der Waals surface area contributed by atoms with Crippen LogP contribution < -0.4 is 4.74 Å². The van der Waals surface area contributed by atoms with Crippen molar-refractivity contribution in [3.63, 3.8) is 0 Å². The predicted octanol–water partition coefficient (Wildman–Crippen LogP) is 5.65. The Balaban J connectivity index is 1.94. The molecule has 112 valence electrons. The summed E-state index contributed by atoms with van der Waals surface area (Å²) in [6.07, 6.45) is 1.23. The fourth-order valence-electron chi connectivity index (χ4n) is 2.91. The summed E-state index contributed by atoms with van der Waals surface area (Å²) < 4.78 is 5.47. The van der Waals surface area contributed by atoms with Crippen molar-refractivity contribution < 1.29 is 4.74 Å². The predicted molar refractivity (Wildman–Crippen MR) is 97.4 cm³/mol. The van der Waals surface area contributed by atoms with Crippen molar-refractivity contribution >= 4 is 39.0 Å². The van der Waals surface area contributed by atoms with Crippen LogP contribution in [0.1, 0.15) is 36.8 Å². The molecule has 0 aliphatic carbocycles. The molecular weight excluding hydrogens is 364 g/mol. The van der Waals surface area contributed by atoms with Gasteiger partial charge in [-0.15, -0.1) is 11.3 Å². The van der Waals surface area contributed by atoms with Gasteiger partial charge in [-0.25, -0.2) is 0 Å². The molecule has 4 heteroatoms. The van der Waals surface area contributed by atoms with Crippen molar-refractivity contribution in [1.82, 2.24) is 0 Å². The smallest absolute Gasteiger partial charge is 0.124 e. The van der Waals surface area contributed by atoms with E-state index in [-0.39, 0.29) is 4.83 Å². The fraction of sp³-hybridized carbons (Fsp3) is 0.412. The van der Waals surface area contributed by atoms with Crippen molar-refractivity contribution in [2.75, 3.05) is 12.9 Å². The van der Waals surface area contributed by atoms with Crippen molar-refractivity contribution in [1.29, 1.82) is 0 Å². The highest BCUT2D eigenvalue weighted by Crippen LogP contribution is 2.41. The number of ether oxygens (including phenoxy) is 1. The Kier molecular flexibility index (Phi) is 4.67. The summed E-state index contributed by atoms with van der Waals surface area (Å²) in [7, 11) is 1.74. The lowest BCUT2D eigenvalue weighted by Crippen LogP contribution is -1.96.